The van der Waals surface area contributed by atoms with E-state index in [0.717, 1.165) is 33.5 Å². The van der Waals surface area contributed by atoms with Crippen LogP contribution in [0.4, 0.5) is 5.69 Å². The van der Waals surface area contributed by atoms with E-state index in [1.807, 2.05) is 54.3 Å². The topological polar surface area (TPSA) is 81.1 Å². The molecule has 2 N–H and O–H groups in total. The van der Waals surface area contributed by atoms with Crippen LogP contribution in [0, 0.1) is 12.3 Å². The molecule has 6 nitrogen and oxygen atoms in total. The van der Waals surface area contributed by atoms with E-state index in [1.54, 1.807) is 48.5 Å². The zero-order chi connectivity index (χ0) is 27.5. The first-order chi connectivity index (χ1) is 18.8. The Kier molecular flexibility index (Phi) is 7.07. The van der Waals surface area contributed by atoms with Crippen LogP contribution in [-0.4, -0.2) is 52.7 Å². The number of anilines is 1. The lowest BCUT2D eigenvalue weighted by atomic mass is 9.96. The Morgan fingerprint density at radius 3 is 2.00 bits per heavy atom. The number of carboxylic acids is 1. The SMILES string of the molecule is C#Cc1ccc(C(=O)N2CCN(c3ccc(C(=O)O)cc3-c3ccc(-c4ccc(O)cc4)cc3)CC2C)cc1. The number of hydrogen-bond acceptors (Lipinski definition) is 4. The lowest BCUT2D eigenvalue weighted by Crippen LogP contribution is -2.54. The van der Waals surface area contributed by atoms with Crippen LogP contribution in [0.25, 0.3) is 22.3 Å². The molecule has 0 saturated carbocycles. The maximum atomic E-state index is 13.2. The molecule has 39 heavy (non-hydrogen) atoms. The fourth-order valence-corrected chi connectivity index (χ4v) is 5.03. The molecule has 0 radical (unpaired) electrons. The van der Waals surface area contributed by atoms with E-state index in [1.165, 1.54) is 0 Å². The van der Waals surface area contributed by atoms with Crippen molar-refractivity contribution in [2.45, 2.75) is 13.0 Å². The number of phenols is 1. The molecule has 4 aromatic rings. The summed E-state index contributed by atoms with van der Waals surface area (Å²) in [6.45, 7) is 3.79. The van der Waals surface area contributed by atoms with Gasteiger partial charge in [0.2, 0.25) is 0 Å². The maximum absolute atomic E-state index is 13.2. The first kappa shape index (κ1) is 25.6. The van der Waals surface area contributed by atoms with Gasteiger partial charge in [-0.15, -0.1) is 6.42 Å². The molecule has 1 atom stereocenters. The van der Waals surface area contributed by atoms with Gasteiger partial charge in [-0.25, -0.2) is 4.79 Å². The molecule has 1 amide bonds. The molecule has 1 unspecified atom stereocenters. The van der Waals surface area contributed by atoms with Crippen LogP contribution in [0.1, 0.15) is 33.2 Å². The second-order valence-electron chi connectivity index (χ2n) is 9.68. The molecule has 6 heteroatoms. The summed E-state index contributed by atoms with van der Waals surface area (Å²) >= 11 is 0. The van der Waals surface area contributed by atoms with E-state index in [-0.39, 0.29) is 23.3 Å². The number of nitrogens with zero attached hydrogens (tertiary/aromatic N) is 2. The molecule has 194 valence electrons. The van der Waals surface area contributed by atoms with Crippen molar-refractivity contribution in [3.05, 3.63) is 108 Å². The summed E-state index contributed by atoms with van der Waals surface area (Å²) in [7, 11) is 0. The fourth-order valence-electron chi connectivity index (χ4n) is 5.03. The van der Waals surface area contributed by atoms with Gasteiger partial charge in [0, 0.05) is 48.1 Å². The molecule has 5 rings (SSSR count). The predicted octanol–water partition coefficient (Wildman–Crippen LogP) is 5.76. The number of hydrogen-bond donors (Lipinski definition) is 2. The molecule has 0 bridgehead atoms. The van der Waals surface area contributed by atoms with Gasteiger partial charge in [0.15, 0.2) is 0 Å². The highest BCUT2D eigenvalue weighted by Gasteiger charge is 2.29. The molecule has 1 heterocycles. The molecule has 0 aliphatic carbocycles. The molecule has 1 aliphatic heterocycles. The minimum atomic E-state index is -0.983. The van der Waals surface area contributed by atoms with Crippen LogP contribution in [0.2, 0.25) is 0 Å². The van der Waals surface area contributed by atoms with E-state index >= 15 is 0 Å². The molecule has 4 aromatic carbocycles. The van der Waals surface area contributed by atoms with E-state index in [4.69, 9.17) is 6.42 Å². The summed E-state index contributed by atoms with van der Waals surface area (Å²) in [5, 5.41) is 19.2. The van der Waals surface area contributed by atoms with Crippen molar-refractivity contribution in [3.63, 3.8) is 0 Å². The molecular weight excluding hydrogens is 488 g/mol. The summed E-state index contributed by atoms with van der Waals surface area (Å²) in [6, 6.07) is 27.2. The van der Waals surface area contributed by atoms with E-state index in [2.05, 4.69) is 10.8 Å². The van der Waals surface area contributed by atoms with Crippen molar-refractivity contribution in [1.82, 2.24) is 4.90 Å². The highest BCUT2D eigenvalue weighted by Crippen LogP contribution is 2.35. The Morgan fingerprint density at radius 1 is 0.821 bits per heavy atom. The maximum Gasteiger partial charge on any atom is 0.335 e. The number of aromatic carboxylic acids is 1. The Balaban J connectivity index is 1.41. The second kappa shape index (κ2) is 10.8. The number of carbonyl (C=O) groups excluding carboxylic acids is 1. The Morgan fingerprint density at radius 2 is 1.41 bits per heavy atom. The lowest BCUT2D eigenvalue weighted by Gasteiger charge is -2.41. The monoisotopic (exact) mass is 516 g/mol. The number of carboxylic acid groups (broad SMARTS) is 1. The van der Waals surface area contributed by atoms with E-state index in [9.17, 15) is 19.8 Å². The number of phenolic OH excluding ortho intramolecular Hbond substituents is 1. The van der Waals surface area contributed by atoms with Gasteiger partial charge >= 0.3 is 5.97 Å². The van der Waals surface area contributed by atoms with E-state index in [0.29, 0.717) is 25.2 Å². The zero-order valence-corrected chi connectivity index (χ0v) is 21.5. The van der Waals surface area contributed by atoms with Gasteiger partial charge < -0.3 is 20.0 Å². The average Bonchev–Trinajstić information content (AvgIpc) is 2.97. The highest BCUT2D eigenvalue weighted by atomic mass is 16.4. The second-order valence-corrected chi connectivity index (χ2v) is 9.68. The average molecular weight is 517 g/mol. The molecule has 1 saturated heterocycles. The lowest BCUT2D eigenvalue weighted by molar-refractivity contribution is 0.0670. The van der Waals surface area contributed by atoms with Crippen LogP contribution < -0.4 is 4.90 Å². The number of aromatic hydroxyl groups is 1. The van der Waals surface area contributed by atoms with Crippen LogP contribution in [0.3, 0.4) is 0 Å². The standard InChI is InChI=1S/C33H28N2O4/c1-3-23-4-6-27(7-5-23)32(37)35-19-18-34(21-22(35)2)31-17-14-28(33(38)39)20-30(31)26-10-8-24(9-11-26)25-12-15-29(36)16-13-25/h1,4-17,20,22,36H,18-19,21H2,2H3,(H,38,39). The van der Waals surface area contributed by atoms with Crippen LogP contribution >= 0.6 is 0 Å². The van der Waals surface area contributed by atoms with Crippen LogP contribution in [0.5, 0.6) is 5.75 Å². The minimum absolute atomic E-state index is 0.0306. The van der Waals surface area contributed by atoms with Gasteiger partial charge in [-0.3, -0.25) is 4.79 Å². The normalized spacial score (nSPS) is 15.0. The third-order valence-corrected chi connectivity index (χ3v) is 7.17. The Hall–Kier alpha value is -5.02. The first-order valence-electron chi connectivity index (χ1n) is 12.7. The number of benzene rings is 4. The Labute approximate surface area is 227 Å². The third kappa shape index (κ3) is 5.34. The van der Waals surface area contributed by atoms with E-state index < -0.39 is 5.97 Å². The first-order valence-corrected chi connectivity index (χ1v) is 12.7. The van der Waals surface area contributed by atoms with Gasteiger partial charge in [0.05, 0.1) is 5.56 Å². The van der Waals surface area contributed by atoms with Crippen LogP contribution in [0.15, 0.2) is 91.0 Å². The van der Waals surface area contributed by atoms with Gasteiger partial charge in [-0.1, -0.05) is 42.3 Å². The van der Waals surface area contributed by atoms with Crippen molar-refractivity contribution in [1.29, 1.82) is 0 Å². The van der Waals surface area contributed by atoms with Gasteiger partial charge in [0.25, 0.3) is 5.91 Å². The van der Waals surface area contributed by atoms with Crippen molar-refractivity contribution in [3.8, 4) is 40.3 Å². The number of amides is 1. The smallest absolute Gasteiger partial charge is 0.335 e. The quantitative estimate of drug-likeness (QED) is 0.330. The molecule has 0 aromatic heterocycles. The number of carbonyl (C=O) groups is 2. The van der Waals surface area contributed by atoms with Gasteiger partial charge in [0.1, 0.15) is 5.75 Å². The predicted molar refractivity (Wildman–Crippen MR) is 153 cm³/mol. The summed E-state index contributed by atoms with van der Waals surface area (Å²) in [5.41, 5.74) is 6.17. The van der Waals surface area contributed by atoms with Gasteiger partial charge in [-0.2, -0.15) is 0 Å². The van der Waals surface area contributed by atoms with Crippen molar-refractivity contribution in [2.75, 3.05) is 24.5 Å². The van der Waals surface area contributed by atoms with Crippen LogP contribution in [-0.2, 0) is 0 Å². The Bertz CT molecular complexity index is 1550. The van der Waals surface area contributed by atoms with Gasteiger partial charge in [-0.05, 0) is 78.2 Å². The largest absolute Gasteiger partial charge is 0.508 e. The molecule has 0 spiro atoms. The minimum Gasteiger partial charge on any atom is -0.508 e. The summed E-state index contributed by atoms with van der Waals surface area (Å²) < 4.78 is 0. The number of piperazine rings is 1. The van der Waals surface area contributed by atoms with Crippen molar-refractivity contribution in [2.24, 2.45) is 0 Å². The molecule has 1 fully saturated rings. The number of rotatable bonds is 5. The summed E-state index contributed by atoms with van der Waals surface area (Å²) in [6.07, 6.45) is 5.44. The highest BCUT2D eigenvalue weighted by molar-refractivity contribution is 5.95. The summed E-state index contributed by atoms with van der Waals surface area (Å²) in [5.74, 6) is 1.77. The van der Waals surface area contributed by atoms with Crippen molar-refractivity contribution < 1.29 is 19.8 Å². The fraction of sp³-hybridized carbons (Fsp3) is 0.152. The molecular formula is C33H28N2O4. The third-order valence-electron chi connectivity index (χ3n) is 7.17. The molecule has 1 aliphatic rings. The number of terminal acetylenes is 1. The zero-order valence-electron chi connectivity index (χ0n) is 21.5. The van der Waals surface area contributed by atoms with Crippen molar-refractivity contribution >= 4 is 17.6 Å². The summed E-state index contributed by atoms with van der Waals surface area (Å²) in [4.78, 5) is 29.1.